The standard InChI is InChI=1S/C49H92NO9P/c1-3-5-7-9-11-13-15-17-19-20-21-22-23-24-25-26-27-29-31-33-35-37-39-41-48(51)59-46(44-57-60(54,55)58-45-47(50)49(52)53)43-56-42-40-38-36-34-32-30-28-18-16-14-12-10-8-6-4-2/h15,17,20-21,23-24,46-47H,3-14,16,18-19,22,25-45,50H2,1-2H3,(H,52,53)(H,54,55)/b17-15-,21-20-,24-23-. The Labute approximate surface area is 367 Å². The van der Waals surface area contributed by atoms with Gasteiger partial charge in [-0.25, -0.2) is 4.57 Å². The number of carboxylic acid groups (broad SMARTS) is 1. The average molecular weight is 870 g/mol. The minimum atomic E-state index is -4.62. The van der Waals surface area contributed by atoms with E-state index in [0.29, 0.717) is 13.0 Å². The molecule has 352 valence electrons. The summed E-state index contributed by atoms with van der Waals surface area (Å²) in [5.74, 6) is -1.78. The number of aliphatic carboxylic acids is 1. The molecular formula is C49H92NO9P. The van der Waals surface area contributed by atoms with Crippen molar-refractivity contribution in [3.05, 3.63) is 36.5 Å². The number of ether oxygens (including phenoxy) is 2. The molecule has 0 aromatic heterocycles. The zero-order valence-electron chi connectivity index (χ0n) is 38.6. The van der Waals surface area contributed by atoms with E-state index in [1.54, 1.807) is 0 Å². The lowest BCUT2D eigenvalue weighted by Gasteiger charge is -2.20. The van der Waals surface area contributed by atoms with Crippen LogP contribution in [0.25, 0.3) is 0 Å². The van der Waals surface area contributed by atoms with Gasteiger partial charge >= 0.3 is 19.8 Å². The number of hydrogen-bond donors (Lipinski definition) is 3. The van der Waals surface area contributed by atoms with Gasteiger partial charge in [-0.05, 0) is 51.4 Å². The molecule has 3 unspecified atom stereocenters. The summed E-state index contributed by atoms with van der Waals surface area (Å²) in [5, 5.41) is 8.91. The second-order valence-electron chi connectivity index (χ2n) is 16.6. The Hall–Kier alpha value is -1.81. The molecule has 0 aliphatic rings. The molecule has 0 amide bonds. The van der Waals surface area contributed by atoms with Crippen molar-refractivity contribution in [1.82, 2.24) is 0 Å². The number of carboxylic acids is 1. The van der Waals surface area contributed by atoms with Gasteiger partial charge in [0.2, 0.25) is 0 Å². The van der Waals surface area contributed by atoms with Crippen LogP contribution in [0.1, 0.15) is 226 Å². The normalized spacial score (nSPS) is 14.1. The third-order valence-corrected chi connectivity index (χ3v) is 11.6. The predicted molar refractivity (Wildman–Crippen MR) is 249 cm³/mol. The molecular weight excluding hydrogens is 778 g/mol. The lowest BCUT2D eigenvalue weighted by Crippen LogP contribution is -2.34. The molecule has 3 atom stereocenters. The van der Waals surface area contributed by atoms with Crippen molar-refractivity contribution in [2.24, 2.45) is 5.73 Å². The summed E-state index contributed by atoms with van der Waals surface area (Å²) >= 11 is 0. The molecule has 0 aliphatic heterocycles. The fourth-order valence-electron chi connectivity index (χ4n) is 6.85. The van der Waals surface area contributed by atoms with Crippen molar-refractivity contribution in [2.45, 2.75) is 238 Å². The van der Waals surface area contributed by atoms with Crippen molar-refractivity contribution in [3.63, 3.8) is 0 Å². The summed E-state index contributed by atoms with van der Waals surface area (Å²) in [6, 6.07) is -1.47. The van der Waals surface area contributed by atoms with E-state index in [0.717, 1.165) is 57.8 Å². The van der Waals surface area contributed by atoms with Crippen LogP contribution in [0.15, 0.2) is 36.5 Å². The van der Waals surface area contributed by atoms with Crippen LogP contribution in [0, 0.1) is 0 Å². The van der Waals surface area contributed by atoms with Crippen LogP contribution < -0.4 is 5.73 Å². The van der Waals surface area contributed by atoms with Crippen molar-refractivity contribution < 1.29 is 42.7 Å². The Morgan fingerprint density at radius 2 is 0.917 bits per heavy atom. The third kappa shape index (κ3) is 44.3. The largest absolute Gasteiger partial charge is 0.480 e. The minimum absolute atomic E-state index is 0.0169. The van der Waals surface area contributed by atoms with Gasteiger partial charge in [0, 0.05) is 13.0 Å². The Balaban J connectivity index is 4.16. The lowest BCUT2D eigenvalue weighted by molar-refractivity contribution is -0.154. The maximum Gasteiger partial charge on any atom is 0.472 e. The third-order valence-electron chi connectivity index (χ3n) is 10.7. The summed E-state index contributed by atoms with van der Waals surface area (Å²) in [5.41, 5.74) is 5.37. The van der Waals surface area contributed by atoms with Crippen LogP contribution in [0.3, 0.4) is 0 Å². The fourth-order valence-corrected chi connectivity index (χ4v) is 7.63. The fraction of sp³-hybridized carbons (Fsp3) is 0.837. The van der Waals surface area contributed by atoms with Gasteiger partial charge in [0.05, 0.1) is 19.8 Å². The Morgan fingerprint density at radius 1 is 0.533 bits per heavy atom. The number of allylic oxidation sites excluding steroid dienone is 6. The maximum atomic E-state index is 12.7. The number of nitrogens with two attached hydrogens (primary N) is 1. The predicted octanol–water partition coefficient (Wildman–Crippen LogP) is 14.0. The SMILES string of the molecule is CCCCCCC/C=C\C/C=C\C/C=C\CCCCCCCCCCC(=O)OC(COCCCCCCCCCCCCCCCCC)COP(=O)(O)OCC(N)C(=O)O. The van der Waals surface area contributed by atoms with Crippen LogP contribution in [0.4, 0.5) is 0 Å². The first-order chi connectivity index (χ1) is 29.2. The summed E-state index contributed by atoms with van der Waals surface area (Å²) in [7, 11) is -4.62. The molecule has 0 aromatic carbocycles. The van der Waals surface area contributed by atoms with E-state index < -0.39 is 45.1 Å². The highest BCUT2D eigenvalue weighted by Crippen LogP contribution is 2.43. The van der Waals surface area contributed by atoms with Crippen LogP contribution in [0.2, 0.25) is 0 Å². The summed E-state index contributed by atoms with van der Waals surface area (Å²) in [6.07, 6.45) is 51.9. The number of hydrogen-bond acceptors (Lipinski definition) is 8. The smallest absolute Gasteiger partial charge is 0.472 e. The molecule has 11 heteroatoms. The number of carbonyl (C=O) groups excluding carboxylic acids is 1. The Kier molecular flexibility index (Phi) is 43.9. The van der Waals surface area contributed by atoms with E-state index in [-0.39, 0.29) is 13.0 Å². The highest BCUT2D eigenvalue weighted by atomic mass is 31.2. The number of phosphoric acid groups is 1. The van der Waals surface area contributed by atoms with Crippen molar-refractivity contribution in [3.8, 4) is 0 Å². The lowest BCUT2D eigenvalue weighted by atomic mass is 10.0. The van der Waals surface area contributed by atoms with Gasteiger partial charge in [0.25, 0.3) is 0 Å². The molecule has 0 fully saturated rings. The number of rotatable bonds is 47. The first-order valence-electron chi connectivity index (χ1n) is 24.5. The monoisotopic (exact) mass is 870 g/mol. The second-order valence-corrected chi connectivity index (χ2v) is 18.1. The quantitative estimate of drug-likeness (QED) is 0.0233. The first-order valence-corrected chi connectivity index (χ1v) is 26.0. The number of esters is 1. The molecule has 0 heterocycles. The van der Waals surface area contributed by atoms with Crippen LogP contribution >= 0.6 is 7.82 Å². The van der Waals surface area contributed by atoms with Gasteiger partial charge in [0.15, 0.2) is 0 Å². The van der Waals surface area contributed by atoms with E-state index in [1.165, 1.54) is 141 Å². The summed E-state index contributed by atoms with van der Waals surface area (Å²) in [6.45, 7) is 3.89. The van der Waals surface area contributed by atoms with Gasteiger partial charge in [-0.3, -0.25) is 18.6 Å². The zero-order chi connectivity index (χ0) is 44.0. The number of carbonyl (C=O) groups is 2. The zero-order valence-corrected chi connectivity index (χ0v) is 39.5. The van der Waals surface area contributed by atoms with Crippen LogP contribution in [-0.2, 0) is 32.7 Å². The molecule has 60 heavy (non-hydrogen) atoms. The molecule has 0 aliphatic carbocycles. The molecule has 0 bridgehead atoms. The van der Waals surface area contributed by atoms with Crippen molar-refractivity contribution in [2.75, 3.05) is 26.4 Å². The molecule has 0 saturated heterocycles. The molecule has 10 nitrogen and oxygen atoms in total. The van der Waals surface area contributed by atoms with Crippen LogP contribution in [-0.4, -0.2) is 60.5 Å². The average Bonchev–Trinajstić information content (AvgIpc) is 3.23. The number of unbranched alkanes of at least 4 members (excludes halogenated alkanes) is 27. The number of phosphoric ester groups is 1. The van der Waals surface area contributed by atoms with Crippen molar-refractivity contribution >= 4 is 19.8 Å². The van der Waals surface area contributed by atoms with E-state index in [4.69, 9.17) is 29.4 Å². The Morgan fingerprint density at radius 3 is 1.37 bits per heavy atom. The Bertz CT molecular complexity index is 1100. The second kappa shape index (κ2) is 45.2. The molecule has 0 spiro atoms. The molecule has 0 aromatic rings. The van der Waals surface area contributed by atoms with E-state index in [9.17, 15) is 19.0 Å². The van der Waals surface area contributed by atoms with Crippen LogP contribution in [0.5, 0.6) is 0 Å². The van der Waals surface area contributed by atoms with E-state index >= 15 is 0 Å². The van der Waals surface area contributed by atoms with Gasteiger partial charge < -0.3 is 25.2 Å². The minimum Gasteiger partial charge on any atom is -0.480 e. The molecule has 0 rings (SSSR count). The van der Waals surface area contributed by atoms with Gasteiger partial charge in [-0.15, -0.1) is 0 Å². The molecule has 0 radical (unpaired) electrons. The van der Waals surface area contributed by atoms with Gasteiger partial charge in [0.1, 0.15) is 12.1 Å². The van der Waals surface area contributed by atoms with Gasteiger partial charge in [-0.2, -0.15) is 0 Å². The van der Waals surface area contributed by atoms with E-state index in [1.807, 2.05) is 0 Å². The highest BCUT2D eigenvalue weighted by molar-refractivity contribution is 7.47. The van der Waals surface area contributed by atoms with Crippen molar-refractivity contribution in [1.29, 1.82) is 0 Å². The molecule has 4 N–H and O–H groups in total. The maximum absolute atomic E-state index is 12.7. The topological polar surface area (TPSA) is 155 Å². The molecule has 0 saturated carbocycles. The summed E-state index contributed by atoms with van der Waals surface area (Å²) < 4.78 is 33.4. The van der Waals surface area contributed by atoms with E-state index in [2.05, 4.69) is 50.3 Å². The summed E-state index contributed by atoms with van der Waals surface area (Å²) in [4.78, 5) is 33.6. The van der Waals surface area contributed by atoms with Gasteiger partial charge in [-0.1, -0.05) is 204 Å². The first kappa shape index (κ1) is 58.2. The highest BCUT2D eigenvalue weighted by Gasteiger charge is 2.27.